The summed E-state index contributed by atoms with van der Waals surface area (Å²) in [5.41, 5.74) is 0. The standard InChI is InChI=1S/C20H26N4O2S3/c1-27-17-12-21-19(29-17)22-20(26)24(14-6-3-2-4-7-14)15-9-10-23(13-15)18(25)16-8-5-11-28-16/h5,8,11-12,14-15H,2-4,6-7,9-10,13H2,1H3,(H,21,22,26)/t15-/m1/s1. The summed E-state index contributed by atoms with van der Waals surface area (Å²) in [6.07, 6.45) is 10.3. The number of anilines is 1. The number of thiazole rings is 1. The largest absolute Gasteiger partial charge is 0.336 e. The van der Waals surface area contributed by atoms with Gasteiger partial charge in [-0.2, -0.15) is 0 Å². The Bertz CT molecular complexity index is 833. The fraction of sp³-hybridized carbons (Fsp3) is 0.550. The summed E-state index contributed by atoms with van der Waals surface area (Å²) >= 11 is 4.61. The predicted molar refractivity (Wildman–Crippen MR) is 120 cm³/mol. The molecule has 1 saturated heterocycles. The summed E-state index contributed by atoms with van der Waals surface area (Å²) in [4.78, 5) is 35.1. The molecule has 3 amide bonds. The van der Waals surface area contributed by atoms with Crippen LogP contribution in [-0.2, 0) is 0 Å². The number of thioether (sulfide) groups is 1. The van der Waals surface area contributed by atoms with Crippen molar-refractivity contribution in [2.45, 2.75) is 54.8 Å². The Hall–Kier alpha value is -1.58. The molecule has 1 saturated carbocycles. The van der Waals surface area contributed by atoms with Crippen LogP contribution in [0.4, 0.5) is 9.93 Å². The average Bonchev–Trinajstić information content (AvgIpc) is 3.50. The molecule has 1 aliphatic carbocycles. The molecule has 2 fully saturated rings. The lowest BCUT2D eigenvalue weighted by atomic mass is 9.93. The number of urea groups is 1. The van der Waals surface area contributed by atoms with Crippen molar-refractivity contribution in [3.8, 4) is 0 Å². The van der Waals surface area contributed by atoms with Crippen LogP contribution in [0.5, 0.6) is 0 Å². The number of hydrogen-bond donors (Lipinski definition) is 1. The van der Waals surface area contributed by atoms with Gasteiger partial charge in [0.1, 0.15) is 0 Å². The van der Waals surface area contributed by atoms with Crippen molar-refractivity contribution in [3.05, 3.63) is 28.6 Å². The van der Waals surface area contributed by atoms with Crippen LogP contribution in [-0.4, -0.2) is 58.2 Å². The first-order valence-corrected chi connectivity index (χ1v) is 13.0. The molecule has 0 radical (unpaired) electrons. The van der Waals surface area contributed by atoms with Gasteiger partial charge in [0.05, 0.1) is 21.3 Å². The van der Waals surface area contributed by atoms with Crippen LogP contribution in [0.1, 0.15) is 48.2 Å². The molecule has 2 aromatic rings. The number of rotatable bonds is 5. The Labute approximate surface area is 183 Å². The molecule has 0 bridgehead atoms. The van der Waals surface area contributed by atoms with E-state index < -0.39 is 0 Å². The molecule has 1 aliphatic heterocycles. The van der Waals surface area contributed by atoms with Crippen LogP contribution >= 0.6 is 34.4 Å². The molecular weight excluding hydrogens is 424 g/mol. The van der Waals surface area contributed by atoms with Gasteiger partial charge in [-0.25, -0.2) is 9.78 Å². The first kappa shape index (κ1) is 20.7. The Balaban J connectivity index is 1.48. The van der Waals surface area contributed by atoms with Crippen molar-refractivity contribution in [2.75, 3.05) is 24.7 Å². The molecule has 9 heteroatoms. The normalized spacial score (nSPS) is 20.0. The molecule has 2 aromatic heterocycles. The molecule has 3 heterocycles. The fourth-order valence-corrected chi connectivity index (χ4v) is 6.22. The highest BCUT2D eigenvalue weighted by Gasteiger charge is 2.37. The van der Waals surface area contributed by atoms with Gasteiger partial charge in [0.2, 0.25) is 0 Å². The second kappa shape index (κ2) is 9.49. The summed E-state index contributed by atoms with van der Waals surface area (Å²) < 4.78 is 1.08. The maximum absolute atomic E-state index is 13.3. The molecule has 0 unspecified atom stereocenters. The Morgan fingerprint density at radius 3 is 2.76 bits per heavy atom. The van der Waals surface area contributed by atoms with Gasteiger partial charge in [0.25, 0.3) is 5.91 Å². The zero-order valence-electron chi connectivity index (χ0n) is 16.5. The van der Waals surface area contributed by atoms with E-state index in [0.717, 1.165) is 41.2 Å². The van der Waals surface area contributed by atoms with Crippen molar-refractivity contribution in [1.29, 1.82) is 0 Å². The monoisotopic (exact) mass is 450 g/mol. The minimum atomic E-state index is -0.0747. The number of amides is 3. The third-order valence-corrected chi connectivity index (χ3v) is 8.50. The highest BCUT2D eigenvalue weighted by molar-refractivity contribution is 8.00. The minimum absolute atomic E-state index is 0.0574. The van der Waals surface area contributed by atoms with Crippen molar-refractivity contribution in [3.63, 3.8) is 0 Å². The van der Waals surface area contributed by atoms with E-state index in [0.29, 0.717) is 18.2 Å². The lowest BCUT2D eigenvalue weighted by Gasteiger charge is -2.38. The van der Waals surface area contributed by atoms with E-state index in [1.807, 2.05) is 33.6 Å². The topological polar surface area (TPSA) is 65.5 Å². The minimum Gasteiger partial charge on any atom is -0.336 e. The van der Waals surface area contributed by atoms with Crippen LogP contribution in [0.3, 0.4) is 0 Å². The van der Waals surface area contributed by atoms with Gasteiger partial charge in [-0.3, -0.25) is 10.1 Å². The van der Waals surface area contributed by atoms with Gasteiger partial charge in [0, 0.05) is 19.1 Å². The van der Waals surface area contributed by atoms with Crippen molar-refractivity contribution in [2.24, 2.45) is 0 Å². The molecular formula is C20H26N4O2S3. The molecule has 1 N–H and O–H groups in total. The van der Waals surface area contributed by atoms with Crippen molar-refractivity contribution in [1.82, 2.24) is 14.8 Å². The van der Waals surface area contributed by atoms with Crippen molar-refractivity contribution < 1.29 is 9.59 Å². The summed E-state index contributed by atoms with van der Waals surface area (Å²) in [5, 5.41) is 5.60. The van der Waals surface area contributed by atoms with Crippen LogP contribution in [0, 0.1) is 0 Å². The van der Waals surface area contributed by atoms with Crippen LogP contribution in [0.2, 0.25) is 0 Å². The van der Waals surface area contributed by atoms with E-state index >= 15 is 0 Å². The molecule has 156 valence electrons. The van der Waals surface area contributed by atoms with E-state index in [1.165, 1.54) is 29.1 Å². The van der Waals surface area contributed by atoms with E-state index in [-0.39, 0.29) is 24.0 Å². The Kier molecular flexibility index (Phi) is 6.77. The highest BCUT2D eigenvalue weighted by Crippen LogP contribution is 2.31. The molecule has 4 rings (SSSR count). The maximum Gasteiger partial charge on any atom is 0.324 e. The summed E-state index contributed by atoms with van der Waals surface area (Å²) in [7, 11) is 0. The van der Waals surface area contributed by atoms with Gasteiger partial charge in [0.15, 0.2) is 5.13 Å². The predicted octanol–water partition coefficient (Wildman–Crippen LogP) is 5.01. The number of nitrogens with one attached hydrogen (secondary N) is 1. The number of aromatic nitrogens is 1. The SMILES string of the molecule is CSc1cnc(NC(=O)N(C2CCCCC2)[C@@H]2CCN(C(=O)c3cccs3)C2)s1. The highest BCUT2D eigenvalue weighted by atomic mass is 32.2. The lowest BCUT2D eigenvalue weighted by Crippen LogP contribution is -2.51. The zero-order valence-corrected chi connectivity index (χ0v) is 19.0. The van der Waals surface area contributed by atoms with Gasteiger partial charge >= 0.3 is 6.03 Å². The average molecular weight is 451 g/mol. The molecule has 0 aromatic carbocycles. The van der Waals surface area contributed by atoms with Crippen molar-refractivity contribution >= 4 is 51.5 Å². The van der Waals surface area contributed by atoms with Crippen LogP contribution in [0.15, 0.2) is 27.9 Å². The number of carbonyl (C=O) groups is 2. The molecule has 6 nitrogen and oxygen atoms in total. The quantitative estimate of drug-likeness (QED) is 0.651. The first-order chi connectivity index (χ1) is 14.2. The fourth-order valence-electron chi connectivity index (χ4n) is 4.27. The van der Waals surface area contributed by atoms with E-state index in [9.17, 15) is 9.59 Å². The number of hydrogen-bond acceptors (Lipinski definition) is 6. The van der Waals surface area contributed by atoms with E-state index in [2.05, 4.69) is 10.3 Å². The molecule has 2 aliphatic rings. The summed E-state index contributed by atoms with van der Waals surface area (Å²) in [5.74, 6) is 0.0797. The van der Waals surface area contributed by atoms with Crippen LogP contribution < -0.4 is 5.32 Å². The molecule has 0 spiro atoms. The summed E-state index contributed by atoms with van der Waals surface area (Å²) in [6.45, 7) is 1.31. The molecule has 29 heavy (non-hydrogen) atoms. The number of thiophene rings is 1. The zero-order chi connectivity index (χ0) is 20.2. The van der Waals surface area contributed by atoms with E-state index in [4.69, 9.17) is 0 Å². The third kappa shape index (κ3) is 4.78. The third-order valence-electron chi connectivity index (χ3n) is 5.68. The lowest BCUT2D eigenvalue weighted by molar-refractivity contribution is 0.0773. The van der Waals surface area contributed by atoms with Gasteiger partial charge in [-0.05, 0) is 37.0 Å². The number of nitrogens with zero attached hydrogens (tertiary/aromatic N) is 3. The smallest absolute Gasteiger partial charge is 0.324 e. The number of likely N-dealkylation sites (tertiary alicyclic amines) is 1. The Morgan fingerprint density at radius 2 is 2.07 bits per heavy atom. The second-order valence-electron chi connectivity index (χ2n) is 7.49. The maximum atomic E-state index is 13.3. The van der Waals surface area contributed by atoms with Gasteiger partial charge in [-0.15, -0.1) is 23.1 Å². The van der Waals surface area contributed by atoms with Gasteiger partial charge in [-0.1, -0.05) is 36.7 Å². The summed E-state index contributed by atoms with van der Waals surface area (Å²) in [6, 6.07) is 4.00. The Morgan fingerprint density at radius 1 is 1.24 bits per heavy atom. The molecule has 1 atom stereocenters. The number of carbonyl (C=O) groups excluding carboxylic acids is 2. The van der Waals surface area contributed by atoms with Gasteiger partial charge < -0.3 is 9.80 Å². The van der Waals surface area contributed by atoms with E-state index in [1.54, 1.807) is 18.0 Å². The second-order valence-corrected chi connectivity index (χ2v) is 10.6. The first-order valence-electron chi connectivity index (χ1n) is 10.1. The van der Waals surface area contributed by atoms with Crippen LogP contribution in [0.25, 0.3) is 0 Å².